The minimum Gasteiger partial charge on any atom is -0.399 e. The third-order valence-corrected chi connectivity index (χ3v) is 2.98. The molecule has 0 bridgehead atoms. The number of hydrogen-bond donors (Lipinski definition) is 2. The van der Waals surface area contributed by atoms with Crippen LogP contribution in [-0.4, -0.2) is 11.6 Å². The van der Waals surface area contributed by atoms with Crippen molar-refractivity contribution < 1.29 is 4.79 Å². The Bertz CT molecular complexity index is 650. The lowest BCUT2D eigenvalue weighted by Gasteiger charge is -2.04. The summed E-state index contributed by atoms with van der Waals surface area (Å²) in [7, 11) is 0. The van der Waals surface area contributed by atoms with Crippen LogP contribution >= 0.6 is 11.6 Å². The van der Waals surface area contributed by atoms with Crippen LogP contribution in [0.25, 0.3) is 0 Å². The molecule has 0 fully saturated rings. The summed E-state index contributed by atoms with van der Waals surface area (Å²) in [6.07, 6.45) is 0. The van der Waals surface area contributed by atoms with Crippen LogP contribution in [0.15, 0.2) is 53.6 Å². The van der Waals surface area contributed by atoms with E-state index in [-0.39, 0.29) is 5.91 Å². The molecule has 2 aromatic carbocycles. The lowest BCUT2D eigenvalue weighted by atomic mass is 10.1. The first-order chi connectivity index (χ1) is 9.56. The van der Waals surface area contributed by atoms with Gasteiger partial charge in [0.1, 0.15) is 0 Å². The molecule has 3 N–H and O–H groups in total. The highest BCUT2D eigenvalue weighted by atomic mass is 35.5. The van der Waals surface area contributed by atoms with Gasteiger partial charge >= 0.3 is 0 Å². The maximum absolute atomic E-state index is 11.9. The number of nitrogens with one attached hydrogen (secondary N) is 1. The number of hydrogen-bond acceptors (Lipinski definition) is 3. The molecule has 2 rings (SSSR count). The van der Waals surface area contributed by atoms with Crippen molar-refractivity contribution in [2.75, 3.05) is 5.73 Å². The Morgan fingerprint density at radius 2 is 1.85 bits per heavy atom. The normalized spacial score (nSPS) is 11.2. The van der Waals surface area contributed by atoms with Crippen LogP contribution in [0.4, 0.5) is 5.69 Å². The fourth-order valence-electron chi connectivity index (χ4n) is 1.62. The van der Waals surface area contributed by atoms with E-state index in [1.807, 2.05) is 19.1 Å². The molecule has 0 atom stereocenters. The van der Waals surface area contributed by atoms with Gasteiger partial charge in [0, 0.05) is 16.3 Å². The average molecular weight is 288 g/mol. The molecule has 2 aromatic rings. The zero-order valence-electron chi connectivity index (χ0n) is 10.9. The van der Waals surface area contributed by atoms with Gasteiger partial charge in [-0.05, 0) is 42.8 Å². The molecule has 0 saturated carbocycles. The summed E-state index contributed by atoms with van der Waals surface area (Å²) in [5.41, 5.74) is 10.9. The number of halogens is 1. The molecule has 20 heavy (non-hydrogen) atoms. The fourth-order valence-corrected chi connectivity index (χ4v) is 1.81. The topological polar surface area (TPSA) is 67.5 Å². The first-order valence-corrected chi connectivity index (χ1v) is 6.40. The first kappa shape index (κ1) is 14.1. The number of nitrogens with two attached hydrogens (primary N) is 1. The number of nitrogen functional groups attached to an aromatic ring is 1. The van der Waals surface area contributed by atoms with Crippen molar-refractivity contribution in [2.45, 2.75) is 6.92 Å². The number of nitrogens with zero attached hydrogens (tertiary/aromatic N) is 1. The van der Waals surface area contributed by atoms with Crippen molar-refractivity contribution >= 4 is 28.9 Å². The highest BCUT2D eigenvalue weighted by Crippen LogP contribution is 2.10. The quantitative estimate of drug-likeness (QED) is 0.517. The number of hydrazone groups is 1. The maximum atomic E-state index is 11.9. The average Bonchev–Trinajstić information content (AvgIpc) is 2.45. The van der Waals surface area contributed by atoms with Crippen molar-refractivity contribution in [3.8, 4) is 0 Å². The molecule has 0 unspecified atom stereocenters. The second-order valence-corrected chi connectivity index (χ2v) is 4.71. The molecule has 5 heteroatoms. The molecular weight excluding hydrogens is 274 g/mol. The molecule has 0 radical (unpaired) electrons. The number of benzene rings is 2. The van der Waals surface area contributed by atoms with Crippen LogP contribution in [0.1, 0.15) is 22.8 Å². The van der Waals surface area contributed by atoms with Crippen LogP contribution in [0.5, 0.6) is 0 Å². The SMILES string of the molecule is C/C(=N/NC(=O)c1cccc(Cl)c1)c1ccc(N)cc1. The summed E-state index contributed by atoms with van der Waals surface area (Å²) >= 11 is 5.83. The highest BCUT2D eigenvalue weighted by molar-refractivity contribution is 6.30. The maximum Gasteiger partial charge on any atom is 0.271 e. The van der Waals surface area contributed by atoms with Gasteiger partial charge in [0.15, 0.2) is 0 Å². The van der Waals surface area contributed by atoms with Gasteiger partial charge in [0.2, 0.25) is 0 Å². The van der Waals surface area contributed by atoms with Gasteiger partial charge in [-0.1, -0.05) is 29.8 Å². The van der Waals surface area contributed by atoms with Gasteiger partial charge < -0.3 is 5.73 Å². The van der Waals surface area contributed by atoms with Gasteiger partial charge in [-0.2, -0.15) is 5.10 Å². The van der Waals surface area contributed by atoms with Crippen LogP contribution in [0, 0.1) is 0 Å². The van der Waals surface area contributed by atoms with E-state index in [1.54, 1.807) is 36.4 Å². The fraction of sp³-hybridized carbons (Fsp3) is 0.0667. The Morgan fingerprint density at radius 1 is 1.15 bits per heavy atom. The number of anilines is 1. The number of carbonyl (C=O) groups excluding carboxylic acids is 1. The minimum absolute atomic E-state index is 0.303. The summed E-state index contributed by atoms with van der Waals surface area (Å²) in [4.78, 5) is 11.9. The predicted molar refractivity (Wildman–Crippen MR) is 82.0 cm³/mol. The Morgan fingerprint density at radius 3 is 2.50 bits per heavy atom. The van der Waals surface area contributed by atoms with Crippen LogP contribution in [-0.2, 0) is 0 Å². The lowest BCUT2D eigenvalue weighted by molar-refractivity contribution is 0.0955. The van der Waals surface area contributed by atoms with Gasteiger partial charge in [-0.15, -0.1) is 0 Å². The zero-order chi connectivity index (χ0) is 14.5. The summed E-state index contributed by atoms with van der Waals surface area (Å²) in [6.45, 7) is 1.81. The predicted octanol–water partition coefficient (Wildman–Crippen LogP) is 3.08. The van der Waals surface area contributed by atoms with E-state index in [2.05, 4.69) is 10.5 Å². The third-order valence-electron chi connectivity index (χ3n) is 2.74. The minimum atomic E-state index is -0.303. The molecule has 1 amide bonds. The van der Waals surface area contributed by atoms with Crippen LogP contribution in [0.2, 0.25) is 5.02 Å². The van der Waals surface area contributed by atoms with E-state index < -0.39 is 0 Å². The van der Waals surface area contributed by atoms with Gasteiger partial charge in [0.25, 0.3) is 5.91 Å². The zero-order valence-corrected chi connectivity index (χ0v) is 11.7. The third kappa shape index (κ3) is 3.59. The first-order valence-electron chi connectivity index (χ1n) is 6.02. The Labute approximate surface area is 122 Å². The molecule has 0 aromatic heterocycles. The van der Waals surface area contributed by atoms with E-state index in [0.29, 0.717) is 22.0 Å². The molecule has 4 nitrogen and oxygen atoms in total. The molecule has 0 heterocycles. The highest BCUT2D eigenvalue weighted by Gasteiger charge is 2.05. The molecular formula is C15H14ClN3O. The van der Waals surface area contributed by atoms with Crippen molar-refractivity contribution in [3.05, 3.63) is 64.7 Å². The largest absolute Gasteiger partial charge is 0.399 e. The molecule has 0 aliphatic heterocycles. The van der Waals surface area contributed by atoms with Crippen LogP contribution in [0.3, 0.4) is 0 Å². The summed E-state index contributed by atoms with van der Waals surface area (Å²) in [5, 5.41) is 4.57. The van der Waals surface area contributed by atoms with E-state index in [1.165, 1.54) is 0 Å². The van der Waals surface area contributed by atoms with E-state index in [9.17, 15) is 4.79 Å². The Hall–Kier alpha value is -2.33. The second kappa shape index (κ2) is 6.21. The van der Waals surface area contributed by atoms with E-state index >= 15 is 0 Å². The second-order valence-electron chi connectivity index (χ2n) is 4.27. The lowest BCUT2D eigenvalue weighted by Crippen LogP contribution is -2.19. The molecule has 0 aliphatic carbocycles. The molecule has 102 valence electrons. The van der Waals surface area contributed by atoms with Gasteiger partial charge in [-0.3, -0.25) is 4.79 Å². The molecule has 0 saturated heterocycles. The summed E-state index contributed by atoms with van der Waals surface area (Å²) < 4.78 is 0. The Balaban J connectivity index is 2.08. The van der Waals surface area contributed by atoms with E-state index in [0.717, 1.165) is 5.56 Å². The Kier molecular flexibility index (Phi) is 4.38. The summed E-state index contributed by atoms with van der Waals surface area (Å²) in [5.74, 6) is -0.303. The van der Waals surface area contributed by atoms with Crippen molar-refractivity contribution in [3.63, 3.8) is 0 Å². The smallest absolute Gasteiger partial charge is 0.271 e. The standard InChI is InChI=1S/C15H14ClN3O/c1-10(11-5-7-14(17)8-6-11)18-19-15(20)12-3-2-4-13(16)9-12/h2-9H,17H2,1H3,(H,19,20)/b18-10-. The number of carbonyl (C=O) groups is 1. The number of rotatable bonds is 3. The van der Waals surface area contributed by atoms with Gasteiger partial charge in [-0.25, -0.2) is 5.43 Å². The summed E-state index contributed by atoms with van der Waals surface area (Å²) in [6, 6.07) is 14.0. The van der Waals surface area contributed by atoms with Crippen molar-refractivity contribution in [1.29, 1.82) is 0 Å². The van der Waals surface area contributed by atoms with Crippen LogP contribution < -0.4 is 11.2 Å². The monoisotopic (exact) mass is 287 g/mol. The van der Waals surface area contributed by atoms with Gasteiger partial charge in [0.05, 0.1) is 5.71 Å². The number of amides is 1. The van der Waals surface area contributed by atoms with E-state index in [4.69, 9.17) is 17.3 Å². The molecule has 0 spiro atoms. The molecule has 0 aliphatic rings. The van der Waals surface area contributed by atoms with Crippen molar-refractivity contribution in [2.24, 2.45) is 5.10 Å². The van der Waals surface area contributed by atoms with Crippen molar-refractivity contribution in [1.82, 2.24) is 5.43 Å².